The maximum Gasteiger partial charge on any atom is 0.414 e. The summed E-state index contributed by atoms with van der Waals surface area (Å²) in [6.07, 6.45) is 3.65. The largest absolute Gasteiger partial charge is 0.444 e. The van der Waals surface area contributed by atoms with E-state index in [9.17, 15) is 4.79 Å². The van der Waals surface area contributed by atoms with Crippen molar-refractivity contribution in [2.24, 2.45) is 11.8 Å². The smallest absolute Gasteiger partial charge is 0.414 e. The van der Waals surface area contributed by atoms with Crippen molar-refractivity contribution in [2.75, 3.05) is 4.90 Å². The molecule has 0 aromatic heterocycles. The zero-order valence-corrected chi connectivity index (χ0v) is 13.6. The molecular formula is C21H21NO2. The fourth-order valence-corrected chi connectivity index (χ4v) is 5.23. The summed E-state index contributed by atoms with van der Waals surface area (Å²) in [6, 6.07) is 18.6. The number of para-hydroxylation sites is 1. The Labute approximate surface area is 142 Å². The predicted molar refractivity (Wildman–Crippen MR) is 92.9 cm³/mol. The van der Waals surface area contributed by atoms with Crippen LogP contribution in [-0.2, 0) is 11.3 Å². The van der Waals surface area contributed by atoms with E-state index in [-0.39, 0.29) is 6.09 Å². The first-order chi connectivity index (χ1) is 11.8. The number of carbonyl (C=O) groups excluding carboxylic acids is 1. The Balaban J connectivity index is 1.43. The molecule has 2 aromatic rings. The minimum Gasteiger partial charge on any atom is -0.444 e. The summed E-state index contributed by atoms with van der Waals surface area (Å²) in [5.74, 6) is 1.90. The van der Waals surface area contributed by atoms with Gasteiger partial charge in [0.25, 0.3) is 0 Å². The Hall–Kier alpha value is -2.29. The van der Waals surface area contributed by atoms with Crippen LogP contribution in [0.2, 0.25) is 0 Å². The molecule has 0 N–H and O–H groups in total. The third-order valence-corrected chi connectivity index (χ3v) is 6.13. The van der Waals surface area contributed by atoms with Crippen molar-refractivity contribution in [2.45, 2.75) is 37.8 Å². The summed E-state index contributed by atoms with van der Waals surface area (Å²) < 4.78 is 5.67. The quantitative estimate of drug-likeness (QED) is 0.801. The number of carbonyl (C=O) groups is 1. The fraction of sp³-hybridized carbons (Fsp3) is 0.381. The van der Waals surface area contributed by atoms with Gasteiger partial charge in [-0.3, -0.25) is 4.90 Å². The normalized spacial score (nSPS) is 29.4. The Morgan fingerprint density at radius 1 is 1.00 bits per heavy atom. The zero-order valence-electron chi connectivity index (χ0n) is 13.6. The van der Waals surface area contributed by atoms with Crippen LogP contribution < -0.4 is 4.90 Å². The molecule has 2 saturated carbocycles. The molecule has 3 nitrogen and oxygen atoms in total. The average molecular weight is 319 g/mol. The SMILES string of the molecule is O=C(OCc1ccccc1)N1c2ccccc2C2C3CCC(C3)C21. The second-order valence-corrected chi connectivity index (χ2v) is 7.32. The zero-order chi connectivity index (χ0) is 16.1. The number of benzene rings is 2. The summed E-state index contributed by atoms with van der Waals surface area (Å²) in [7, 11) is 0. The first-order valence-corrected chi connectivity index (χ1v) is 8.92. The van der Waals surface area contributed by atoms with E-state index in [2.05, 4.69) is 18.2 Å². The summed E-state index contributed by atoms with van der Waals surface area (Å²) in [5, 5.41) is 0. The van der Waals surface area contributed by atoms with Gasteiger partial charge in [-0.05, 0) is 48.3 Å². The van der Waals surface area contributed by atoms with Crippen molar-refractivity contribution in [3.63, 3.8) is 0 Å². The minimum atomic E-state index is -0.189. The van der Waals surface area contributed by atoms with Crippen LogP contribution in [-0.4, -0.2) is 12.1 Å². The molecule has 4 unspecified atom stereocenters. The Morgan fingerprint density at radius 3 is 2.62 bits per heavy atom. The van der Waals surface area contributed by atoms with E-state index < -0.39 is 0 Å². The highest BCUT2D eigenvalue weighted by Gasteiger charge is 2.56. The third-order valence-electron chi connectivity index (χ3n) is 6.13. The maximum absolute atomic E-state index is 12.9. The van der Waals surface area contributed by atoms with E-state index in [1.807, 2.05) is 41.3 Å². The molecule has 3 aliphatic rings. The van der Waals surface area contributed by atoms with Crippen LogP contribution in [0.1, 0.15) is 36.3 Å². The van der Waals surface area contributed by atoms with Gasteiger partial charge in [-0.1, -0.05) is 48.5 Å². The van der Waals surface area contributed by atoms with Gasteiger partial charge in [0, 0.05) is 5.92 Å². The molecule has 0 spiro atoms. The topological polar surface area (TPSA) is 29.5 Å². The molecule has 0 saturated heterocycles. The van der Waals surface area contributed by atoms with Gasteiger partial charge in [-0.25, -0.2) is 4.79 Å². The molecule has 2 fully saturated rings. The van der Waals surface area contributed by atoms with Crippen LogP contribution in [0.25, 0.3) is 0 Å². The first kappa shape index (κ1) is 14.1. The van der Waals surface area contributed by atoms with Gasteiger partial charge >= 0.3 is 6.09 Å². The molecule has 2 aliphatic carbocycles. The van der Waals surface area contributed by atoms with Crippen LogP contribution in [0, 0.1) is 11.8 Å². The number of fused-ring (bicyclic) bond motifs is 7. The van der Waals surface area contributed by atoms with E-state index >= 15 is 0 Å². The molecule has 2 bridgehead atoms. The van der Waals surface area contributed by atoms with Crippen molar-refractivity contribution in [3.8, 4) is 0 Å². The number of anilines is 1. The second-order valence-electron chi connectivity index (χ2n) is 7.32. The maximum atomic E-state index is 12.9. The molecule has 1 heterocycles. The van der Waals surface area contributed by atoms with Crippen molar-refractivity contribution < 1.29 is 9.53 Å². The van der Waals surface area contributed by atoms with Gasteiger partial charge < -0.3 is 4.74 Å². The van der Waals surface area contributed by atoms with Crippen molar-refractivity contribution in [3.05, 3.63) is 65.7 Å². The third kappa shape index (κ3) is 2.00. The number of amides is 1. The lowest BCUT2D eigenvalue weighted by Crippen LogP contribution is -2.42. The molecule has 2 aromatic carbocycles. The minimum absolute atomic E-state index is 0.189. The number of ether oxygens (including phenoxy) is 1. The Morgan fingerprint density at radius 2 is 1.75 bits per heavy atom. The molecule has 1 aliphatic heterocycles. The summed E-state index contributed by atoms with van der Waals surface area (Å²) in [6.45, 7) is 0.337. The van der Waals surface area contributed by atoms with Gasteiger partial charge in [0.15, 0.2) is 0 Å². The van der Waals surface area contributed by atoms with Crippen LogP contribution in [0.4, 0.5) is 10.5 Å². The lowest BCUT2D eigenvalue weighted by atomic mass is 9.82. The molecule has 4 atom stereocenters. The van der Waals surface area contributed by atoms with Crippen molar-refractivity contribution >= 4 is 11.8 Å². The van der Waals surface area contributed by atoms with Crippen LogP contribution >= 0.6 is 0 Å². The number of hydrogen-bond acceptors (Lipinski definition) is 2. The van der Waals surface area contributed by atoms with E-state index in [0.717, 1.165) is 17.2 Å². The van der Waals surface area contributed by atoms with E-state index in [1.165, 1.54) is 24.8 Å². The van der Waals surface area contributed by atoms with E-state index in [0.29, 0.717) is 24.5 Å². The summed E-state index contributed by atoms with van der Waals surface area (Å²) in [4.78, 5) is 14.9. The van der Waals surface area contributed by atoms with Crippen molar-refractivity contribution in [1.29, 1.82) is 0 Å². The summed E-state index contributed by atoms with van der Waals surface area (Å²) in [5.41, 5.74) is 3.45. The average Bonchev–Trinajstić information content (AvgIpc) is 3.31. The highest BCUT2D eigenvalue weighted by molar-refractivity contribution is 5.92. The van der Waals surface area contributed by atoms with Gasteiger partial charge in [0.1, 0.15) is 6.61 Å². The highest BCUT2D eigenvalue weighted by Crippen LogP contribution is 2.60. The van der Waals surface area contributed by atoms with Crippen LogP contribution in [0.3, 0.4) is 0 Å². The molecule has 0 radical (unpaired) electrons. The van der Waals surface area contributed by atoms with Crippen molar-refractivity contribution in [1.82, 2.24) is 0 Å². The van der Waals surface area contributed by atoms with E-state index in [4.69, 9.17) is 4.74 Å². The monoisotopic (exact) mass is 319 g/mol. The molecule has 5 rings (SSSR count). The predicted octanol–water partition coefficient (Wildman–Crippen LogP) is 4.73. The second kappa shape index (κ2) is 5.37. The van der Waals surface area contributed by atoms with Gasteiger partial charge in [0.05, 0.1) is 11.7 Å². The van der Waals surface area contributed by atoms with Gasteiger partial charge in [0.2, 0.25) is 0 Å². The summed E-state index contributed by atoms with van der Waals surface area (Å²) >= 11 is 0. The number of rotatable bonds is 2. The number of hydrogen-bond donors (Lipinski definition) is 0. The highest BCUT2D eigenvalue weighted by atomic mass is 16.6. The molecule has 122 valence electrons. The molecule has 1 amide bonds. The molecular weight excluding hydrogens is 298 g/mol. The Kier molecular flexibility index (Phi) is 3.15. The fourth-order valence-electron chi connectivity index (χ4n) is 5.23. The standard InChI is InChI=1S/C21H21NO2/c23-21(24-13-14-6-2-1-3-7-14)22-18-9-5-4-8-17(18)19-15-10-11-16(12-15)20(19)22/h1-9,15-16,19-20H,10-13H2. The Bertz CT molecular complexity index is 772. The molecule has 24 heavy (non-hydrogen) atoms. The lowest BCUT2D eigenvalue weighted by molar-refractivity contribution is 0.142. The number of nitrogens with zero attached hydrogens (tertiary/aromatic N) is 1. The van der Waals surface area contributed by atoms with E-state index in [1.54, 1.807) is 0 Å². The van der Waals surface area contributed by atoms with Crippen LogP contribution in [0.15, 0.2) is 54.6 Å². The van der Waals surface area contributed by atoms with Gasteiger partial charge in [-0.15, -0.1) is 0 Å². The molecule has 3 heteroatoms. The first-order valence-electron chi connectivity index (χ1n) is 8.92. The van der Waals surface area contributed by atoms with Gasteiger partial charge in [-0.2, -0.15) is 0 Å². The van der Waals surface area contributed by atoms with Crippen LogP contribution in [0.5, 0.6) is 0 Å². The lowest BCUT2D eigenvalue weighted by Gasteiger charge is -2.31.